The fourth-order valence-electron chi connectivity index (χ4n) is 4.40. The molecule has 0 amide bonds. The second-order valence-corrected chi connectivity index (χ2v) is 12.3. The lowest BCUT2D eigenvalue weighted by atomic mass is 9.77. The smallest absolute Gasteiger partial charge is 0.223 e. The van der Waals surface area contributed by atoms with Gasteiger partial charge < -0.3 is 0 Å². The first-order valence-corrected chi connectivity index (χ1v) is 13.5. The van der Waals surface area contributed by atoms with Crippen LogP contribution < -0.4 is 5.14 Å². The minimum absolute atomic E-state index is 0.00513. The summed E-state index contributed by atoms with van der Waals surface area (Å²) in [4.78, 5) is -0.0382. The molecule has 2 N–H and O–H groups in total. The van der Waals surface area contributed by atoms with Gasteiger partial charge in [-0.05, 0) is 74.1 Å². The number of benzene rings is 2. The van der Waals surface area contributed by atoms with E-state index in [9.17, 15) is 25.6 Å². The number of hydrogen-bond acceptors (Lipinski definition) is 4. The van der Waals surface area contributed by atoms with Gasteiger partial charge in [0.25, 0.3) is 10.2 Å². The minimum atomic E-state index is -4.14. The Labute approximate surface area is 192 Å². The molecule has 6 nitrogen and oxygen atoms in total. The van der Waals surface area contributed by atoms with Crippen LogP contribution in [0.1, 0.15) is 38.2 Å². The van der Waals surface area contributed by atoms with Crippen LogP contribution in [0.3, 0.4) is 0 Å². The van der Waals surface area contributed by atoms with E-state index in [0.29, 0.717) is 17.9 Å². The van der Waals surface area contributed by atoms with Gasteiger partial charge in [0, 0.05) is 23.7 Å². The topological polar surface area (TPSA) is 97.5 Å². The lowest BCUT2D eigenvalue weighted by Gasteiger charge is -2.41. The monoisotopic (exact) mass is 506 g/mol. The predicted octanol–water partition coefficient (Wildman–Crippen LogP) is 4.00. The molecule has 176 valence electrons. The van der Waals surface area contributed by atoms with Gasteiger partial charge in [0.05, 0.1) is 4.90 Å². The Bertz CT molecular complexity index is 1180. The average Bonchev–Trinajstić information content (AvgIpc) is 2.73. The quantitative estimate of drug-likeness (QED) is 0.613. The van der Waals surface area contributed by atoms with Crippen LogP contribution in [0.5, 0.6) is 0 Å². The molecule has 0 radical (unpaired) electrons. The summed E-state index contributed by atoms with van der Waals surface area (Å²) in [6.07, 6.45) is 0.611. The van der Waals surface area contributed by atoms with Crippen molar-refractivity contribution in [3.05, 3.63) is 64.7 Å². The molecule has 1 aliphatic carbocycles. The van der Waals surface area contributed by atoms with Gasteiger partial charge in [-0.1, -0.05) is 18.5 Å². The van der Waals surface area contributed by atoms with Crippen LogP contribution in [0.2, 0.25) is 5.02 Å². The van der Waals surface area contributed by atoms with Crippen LogP contribution in [0.25, 0.3) is 0 Å². The number of nitrogens with two attached hydrogens (primary N) is 1. The lowest BCUT2D eigenvalue weighted by Crippen LogP contribution is -2.44. The summed E-state index contributed by atoms with van der Waals surface area (Å²) in [5.74, 6) is -1.71. The second kappa shape index (κ2) is 9.34. The van der Waals surface area contributed by atoms with E-state index >= 15 is 0 Å². The van der Waals surface area contributed by atoms with Gasteiger partial charge >= 0.3 is 0 Å². The van der Waals surface area contributed by atoms with Crippen molar-refractivity contribution in [3.8, 4) is 0 Å². The predicted molar refractivity (Wildman–Crippen MR) is 119 cm³/mol. The fourth-order valence-corrected chi connectivity index (χ4v) is 7.47. The number of nitrogens with zero attached hydrogens (tertiary/aromatic N) is 1. The summed E-state index contributed by atoms with van der Waals surface area (Å²) in [6, 6.07) is 8.37. The number of halogens is 3. The zero-order valence-corrected chi connectivity index (χ0v) is 19.9. The van der Waals surface area contributed by atoms with Gasteiger partial charge in [-0.3, -0.25) is 0 Å². The Balaban J connectivity index is 2.03. The molecule has 11 heteroatoms. The highest BCUT2D eigenvalue weighted by Crippen LogP contribution is 2.49. The average molecular weight is 507 g/mol. The van der Waals surface area contributed by atoms with Crippen molar-refractivity contribution < 1.29 is 25.6 Å². The summed E-state index contributed by atoms with van der Waals surface area (Å²) in [5.41, 5.74) is -0.218. The summed E-state index contributed by atoms with van der Waals surface area (Å²) >= 11 is 5.89. The Morgan fingerprint density at radius 1 is 1.06 bits per heavy atom. The molecule has 32 heavy (non-hydrogen) atoms. The second-order valence-electron chi connectivity index (χ2n) is 8.01. The Kier molecular flexibility index (Phi) is 7.31. The Morgan fingerprint density at radius 3 is 2.19 bits per heavy atom. The molecule has 0 saturated heterocycles. The van der Waals surface area contributed by atoms with Gasteiger partial charge in [-0.2, -0.15) is 12.7 Å². The molecular formula is C21H25ClF2N2O4S2. The highest BCUT2D eigenvalue weighted by Gasteiger charge is 2.50. The molecular weight excluding hydrogens is 482 g/mol. The zero-order valence-electron chi connectivity index (χ0n) is 17.5. The van der Waals surface area contributed by atoms with E-state index in [0.717, 1.165) is 22.5 Å². The van der Waals surface area contributed by atoms with Crippen LogP contribution in [0.4, 0.5) is 8.78 Å². The molecule has 3 rings (SSSR count). The van der Waals surface area contributed by atoms with Gasteiger partial charge in [-0.25, -0.2) is 22.3 Å². The van der Waals surface area contributed by atoms with E-state index in [4.69, 9.17) is 16.7 Å². The molecule has 0 spiro atoms. The first-order chi connectivity index (χ1) is 14.9. The summed E-state index contributed by atoms with van der Waals surface area (Å²) in [6.45, 7) is 1.98. The molecule has 0 atom stereocenters. The summed E-state index contributed by atoms with van der Waals surface area (Å²) < 4.78 is 79.4. The van der Waals surface area contributed by atoms with E-state index in [2.05, 4.69) is 0 Å². The minimum Gasteiger partial charge on any atom is -0.223 e. The van der Waals surface area contributed by atoms with Crippen LogP contribution >= 0.6 is 11.6 Å². The van der Waals surface area contributed by atoms with E-state index in [-0.39, 0.29) is 42.3 Å². The summed E-state index contributed by atoms with van der Waals surface area (Å²) in [5, 5.41) is 5.59. The van der Waals surface area contributed by atoms with Crippen molar-refractivity contribution in [2.24, 2.45) is 11.1 Å². The third-order valence-electron chi connectivity index (χ3n) is 6.14. The molecule has 0 aromatic heterocycles. The van der Waals surface area contributed by atoms with Crippen molar-refractivity contribution >= 4 is 31.6 Å². The maximum absolute atomic E-state index is 14.9. The van der Waals surface area contributed by atoms with Gasteiger partial charge in [0.1, 0.15) is 16.4 Å². The maximum atomic E-state index is 14.9. The van der Waals surface area contributed by atoms with Crippen LogP contribution in [-0.4, -0.2) is 34.2 Å². The van der Waals surface area contributed by atoms with Crippen molar-refractivity contribution in [1.29, 1.82) is 0 Å². The molecule has 1 saturated carbocycles. The van der Waals surface area contributed by atoms with Crippen LogP contribution in [0.15, 0.2) is 47.4 Å². The molecule has 1 fully saturated rings. The SMILES string of the molecule is CCN(CC1CCC(c2cc(F)ccc2F)(S(=O)(=O)c2ccc(Cl)cc2)CC1)S(N)(=O)=O. The van der Waals surface area contributed by atoms with Crippen molar-refractivity contribution in [2.75, 3.05) is 13.1 Å². The molecule has 1 aliphatic rings. The van der Waals surface area contributed by atoms with E-state index in [1.54, 1.807) is 6.92 Å². The fraction of sp³-hybridized carbons (Fsp3) is 0.429. The van der Waals surface area contributed by atoms with Gasteiger partial charge in [0.15, 0.2) is 9.84 Å². The molecule has 0 aliphatic heterocycles. The lowest BCUT2D eigenvalue weighted by molar-refractivity contribution is 0.245. The number of rotatable bonds is 7. The third-order valence-corrected chi connectivity index (χ3v) is 10.1. The first kappa shape index (κ1) is 25.0. The maximum Gasteiger partial charge on any atom is 0.276 e. The van der Waals surface area contributed by atoms with Crippen molar-refractivity contribution in [1.82, 2.24) is 4.31 Å². The normalized spacial score (nSPS) is 22.2. The molecule has 2 aromatic rings. The van der Waals surface area contributed by atoms with Crippen molar-refractivity contribution in [3.63, 3.8) is 0 Å². The Hall–Kier alpha value is -1.59. The number of sulfone groups is 1. The molecule has 0 bridgehead atoms. The Morgan fingerprint density at radius 2 is 1.66 bits per heavy atom. The highest BCUT2D eigenvalue weighted by atomic mass is 35.5. The highest BCUT2D eigenvalue weighted by molar-refractivity contribution is 7.92. The van der Waals surface area contributed by atoms with Crippen molar-refractivity contribution in [2.45, 2.75) is 42.2 Å². The third kappa shape index (κ3) is 4.84. The molecule has 2 aromatic carbocycles. The molecule has 0 unspecified atom stereocenters. The van der Waals surface area contributed by atoms with E-state index < -0.39 is 36.4 Å². The standard InChI is InChI=1S/C21H25ClF2N2O4S2/c1-2-26(32(25,29)30)14-15-9-11-21(12-10-15,19-13-17(23)5-8-20(19)24)31(27,28)18-6-3-16(22)4-7-18/h3-8,13,15H,2,9-12,14H2,1H3,(H2,25,29,30). The van der Waals surface area contributed by atoms with Gasteiger partial charge in [0.2, 0.25) is 0 Å². The van der Waals surface area contributed by atoms with E-state index in [1.807, 2.05) is 0 Å². The van der Waals surface area contributed by atoms with E-state index in [1.165, 1.54) is 24.3 Å². The van der Waals surface area contributed by atoms with Crippen LogP contribution in [-0.2, 0) is 24.8 Å². The molecule has 0 heterocycles. The summed E-state index contributed by atoms with van der Waals surface area (Å²) in [7, 11) is -8.03. The first-order valence-electron chi connectivity index (χ1n) is 10.1. The van der Waals surface area contributed by atoms with Gasteiger partial charge in [-0.15, -0.1) is 0 Å². The van der Waals surface area contributed by atoms with Crippen LogP contribution in [0, 0.1) is 17.6 Å². The number of hydrogen-bond donors (Lipinski definition) is 1. The largest absolute Gasteiger partial charge is 0.276 e. The zero-order chi connectivity index (χ0) is 23.7.